The number of nitrogens with zero attached hydrogens (tertiary/aromatic N) is 1. The second-order valence-corrected chi connectivity index (χ2v) is 5.29. The lowest BCUT2D eigenvalue weighted by Crippen LogP contribution is -2.16. The topological polar surface area (TPSA) is 82.3 Å². The molecule has 3 aromatic rings. The van der Waals surface area contributed by atoms with E-state index in [0.29, 0.717) is 28.4 Å². The number of carbonyl (C=O) groups is 1. The van der Waals surface area contributed by atoms with Crippen LogP contribution in [0.5, 0.6) is 17.2 Å². The highest BCUT2D eigenvalue weighted by atomic mass is 16.5. The van der Waals surface area contributed by atoms with Crippen LogP contribution in [0, 0.1) is 0 Å². The number of ether oxygens (including phenoxy) is 3. The average molecular weight is 354 g/mol. The lowest BCUT2D eigenvalue weighted by Gasteiger charge is -2.12. The van der Waals surface area contributed by atoms with Crippen LogP contribution >= 0.6 is 0 Å². The van der Waals surface area contributed by atoms with Crippen LogP contribution < -0.4 is 19.6 Å². The van der Waals surface area contributed by atoms with Gasteiger partial charge in [0.05, 0.1) is 33.1 Å². The molecule has 7 heteroatoms. The minimum Gasteiger partial charge on any atom is -0.496 e. The molecule has 0 saturated carbocycles. The summed E-state index contributed by atoms with van der Waals surface area (Å²) in [7, 11) is 4.60. The Labute approximate surface area is 150 Å². The molecule has 7 nitrogen and oxygen atoms in total. The van der Waals surface area contributed by atoms with Crippen molar-refractivity contribution in [2.75, 3.05) is 21.3 Å². The molecule has 3 rings (SSSR count). The number of fused-ring (bicyclic) bond motifs is 1. The largest absolute Gasteiger partial charge is 0.496 e. The van der Waals surface area contributed by atoms with E-state index >= 15 is 0 Å². The first-order chi connectivity index (χ1) is 12.7. The highest BCUT2D eigenvalue weighted by Crippen LogP contribution is 2.32. The van der Waals surface area contributed by atoms with E-state index in [1.807, 2.05) is 18.2 Å². The Bertz CT molecular complexity index is 903. The number of hydrazone groups is 1. The molecule has 1 aromatic heterocycles. The third-order valence-electron chi connectivity index (χ3n) is 3.76. The Balaban J connectivity index is 1.80. The van der Waals surface area contributed by atoms with Crippen LogP contribution in [0.3, 0.4) is 0 Å². The van der Waals surface area contributed by atoms with Crippen LogP contribution in [0.15, 0.2) is 52.0 Å². The fraction of sp³-hybridized carbons (Fsp3) is 0.158. The number of furan rings is 1. The zero-order chi connectivity index (χ0) is 18.5. The first-order valence-corrected chi connectivity index (χ1v) is 7.78. The number of benzene rings is 2. The molecular formula is C19H18N2O5. The Morgan fingerprint density at radius 2 is 1.73 bits per heavy atom. The number of amides is 1. The van der Waals surface area contributed by atoms with Crippen LogP contribution in [0.2, 0.25) is 0 Å². The predicted molar refractivity (Wildman–Crippen MR) is 97.4 cm³/mol. The van der Waals surface area contributed by atoms with Gasteiger partial charge >= 0.3 is 5.91 Å². The standard InChI is InChI=1S/C19H18N2O5/c1-23-13-9-16(24-2)14(17(10-13)25-3)11-20-21-19(22)18-8-12-6-4-5-7-15(12)26-18/h4-11H,1-3H3,(H,21,22)/b20-11+. The SMILES string of the molecule is COc1cc(OC)c(/C=N/NC(=O)c2cc3ccccc3o2)c(OC)c1. The number of hydrogen-bond acceptors (Lipinski definition) is 6. The van der Waals surface area contributed by atoms with Crippen molar-refractivity contribution >= 4 is 23.1 Å². The van der Waals surface area contributed by atoms with Crippen molar-refractivity contribution in [2.45, 2.75) is 0 Å². The van der Waals surface area contributed by atoms with Gasteiger partial charge in [0.25, 0.3) is 0 Å². The zero-order valence-electron chi connectivity index (χ0n) is 14.6. The summed E-state index contributed by atoms with van der Waals surface area (Å²) in [5.41, 5.74) is 3.64. The van der Waals surface area contributed by atoms with Gasteiger partial charge in [0.2, 0.25) is 0 Å². The normalized spacial score (nSPS) is 10.9. The fourth-order valence-corrected chi connectivity index (χ4v) is 2.46. The maximum Gasteiger partial charge on any atom is 0.307 e. The summed E-state index contributed by atoms with van der Waals surface area (Å²) in [6, 6.07) is 12.4. The maximum absolute atomic E-state index is 12.2. The van der Waals surface area contributed by atoms with Crippen molar-refractivity contribution in [1.82, 2.24) is 5.43 Å². The van der Waals surface area contributed by atoms with Gasteiger partial charge in [-0.3, -0.25) is 4.79 Å². The van der Waals surface area contributed by atoms with Crippen molar-refractivity contribution in [1.29, 1.82) is 0 Å². The molecule has 2 aromatic carbocycles. The molecule has 0 radical (unpaired) electrons. The Morgan fingerprint density at radius 1 is 1.04 bits per heavy atom. The molecule has 1 N–H and O–H groups in total. The van der Waals surface area contributed by atoms with Gasteiger partial charge < -0.3 is 18.6 Å². The van der Waals surface area contributed by atoms with Gasteiger partial charge in [-0.15, -0.1) is 0 Å². The fourth-order valence-electron chi connectivity index (χ4n) is 2.46. The van der Waals surface area contributed by atoms with E-state index in [0.717, 1.165) is 5.39 Å². The van der Waals surface area contributed by atoms with Gasteiger partial charge in [-0.1, -0.05) is 18.2 Å². The van der Waals surface area contributed by atoms with Crippen molar-refractivity contribution in [2.24, 2.45) is 5.10 Å². The molecule has 0 aliphatic heterocycles. The lowest BCUT2D eigenvalue weighted by atomic mass is 10.2. The molecule has 0 atom stereocenters. The van der Waals surface area contributed by atoms with E-state index in [4.69, 9.17) is 18.6 Å². The smallest absolute Gasteiger partial charge is 0.307 e. The van der Waals surface area contributed by atoms with Crippen molar-refractivity contribution in [3.8, 4) is 17.2 Å². The second kappa shape index (κ2) is 7.60. The summed E-state index contributed by atoms with van der Waals surface area (Å²) in [5, 5.41) is 4.82. The van der Waals surface area contributed by atoms with E-state index in [1.165, 1.54) is 20.4 Å². The first-order valence-electron chi connectivity index (χ1n) is 7.78. The molecule has 26 heavy (non-hydrogen) atoms. The summed E-state index contributed by atoms with van der Waals surface area (Å²) in [6.07, 6.45) is 1.44. The van der Waals surface area contributed by atoms with Crippen molar-refractivity contribution < 1.29 is 23.4 Å². The van der Waals surface area contributed by atoms with E-state index in [2.05, 4.69) is 10.5 Å². The number of nitrogens with one attached hydrogen (secondary N) is 1. The third kappa shape index (κ3) is 3.46. The van der Waals surface area contributed by atoms with Gasteiger partial charge in [0, 0.05) is 17.5 Å². The quantitative estimate of drug-likeness (QED) is 0.543. The van der Waals surface area contributed by atoms with Gasteiger partial charge in [0.1, 0.15) is 22.8 Å². The van der Waals surface area contributed by atoms with Crippen LogP contribution in [0.4, 0.5) is 0 Å². The predicted octanol–water partition coefficient (Wildman–Crippen LogP) is 3.22. The number of para-hydroxylation sites is 1. The molecule has 0 bridgehead atoms. The van der Waals surface area contributed by atoms with Crippen molar-refractivity contribution in [3.63, 3.8) is 0 Å². The van der Waals surface area contributed by atoms with E-state index in [1.54, 1.807) is 31.4 Å². The number of methoxy groups -OCH3 is 3. The molecule has 1 heterocycles. The van der Waals surface area contributed by atoms with Gasteiger partial charge in [-0.05, 0) is 12.1 Å². The minimum atomic E-state index is -0.455. The molecule has 0 saturated heterocycles. The average Bonchev–Trinajstić information content (AvgIpc) is 3.12. The van der Waals surface area contributed by atoms with E-state index in [9.17, 15) is 4.79 Å². The zero-order valence-corrected chi connectivity index (χ0v) is 14.6. The second-order valence-electron chi connectivity index (χ2n) is 5.29. The number of rotatable bonds is 6. The molecule has 0 aliphatic carbocycles. The van der Waals surface area contributed by atoms with Crippen molar-refractivity contribution in [3.05, 3.63) is 53.8 Å². The van der Waals surface area contributed by atoms with Crippen LogP contribution in [0.1, 0.15) is 16.1 Å². The molecule has 0 aliphatic rings. The first kappa shape index (κ1) is 17.3. The maximum atomic E-state index is 12.2. The molecule has 0 fully saturated rings. The third-order valence-corrected chi connectivity index (χ3v) is 3.76. The summed E-state index contributed by atoms with van der Waals surface area (Å²) < 4.78 is 21.4. The highest BCUT2D eigenvalue weighted by Gasteiger charge is 2.13. The number of carbonyl (C=O) groups excluding carboxylic acids is 1. The van der Waals surface area contributed by atoms with Crippen LogP contribution in [-0.2, 0) is 0 Å². The summed E-state index contributed by atoms with van der Waals surface area (Å²) in [5.74, 6) is 1.31. The van der Waals surface area contributed by atoms with Crippen LogP contribution in [-0.4, -0.2) is 33.5 Å². The summed E-state index contributed by atoms with van der Waals surface area (Å²) in [6.45, 7) is 0. The minimum absolute atomic E-state index is 0.178. The molecule has 0 spiro atoms. The Hall–Kier alpha value is -3.48. The van der Waals surface area contributed by atoms with Gasteiger partial charge in [-0.25, -0.2) is 5.43 Å². The van der Waals surface area contributed by atoms with E-state index < -0.39 is 5.91 Å². The molecule has 0 unspecified atom stereocenters. The number of hydrogen-bond donors (Lipinski definition) is 1. The molecule has 1 amide bonds. The van der Waals surface area contributed by atoms with Gasteiger partial charge in [0.15, 0.2) is 5.76 Å². The molecular weight excluding hydrogens is 336 g/mol. The molecule has 134 valence electrons. The Kier molecular flexibility index (Phi) is 5.07. The van der Waals surface area contributed by atoms with E-state index in [-0.39, 0.29) is 5.76 Å². The highest BCUT2D eigenvalue weighted by molar-refractivity contribution is 5.97. The van der Waals surface area contributed by atoms with Crippen LogP contribution in [0.25, 0.3) is 11.0 Å². The summed E-state index contributed by atoms with van der Waals surface area (Å²) in [4.78, 5) is 12.2. The van der Waals surface area contributed by atoms with Gasteiger partial charge in [-0.2, -0.15) is 5.10 Å². The summed E-state index contributed by atoms with van der Waals surface area (Å²) >= 11 is 0. The lowest BCUT2D eigenvalue weighted by molar-refractivity contribution is 0.0929. The monoisotopic (exact) mass is 354 g/mol. The Morgan fingerprint density at radius 3 is 2.35 bits per heavy atom.